The third-order valence-electron chi connectivity index (χ3n) is 5.98. The number of carbonyl (C=O) groups is 2. The molecule has 30 heavy (non-hydrogen) atoms. The van der Waals surface area contributed by atoms with E-state index in [1.807, 2.05) is 18.2 Å². The predicted molar refractivity (Wildman–Crippen MR) is 122 cm³/mol. The van der Waals surface area contributed by atoms with Crippen molar-refractivity contribution in [2.24, 2.45) is 0 Å². The number of ether oxygens (including phenoxy) is 1. The van der Waals surface area contributed by atoms with Crippen molar-refractivity contribution in [3.63, 3.8) is 0 Å². The van der Waals surface area contributed by atoms with Gasteiger partial charge in [0, 0.05) is 17.3 Å². The number of carbonyl (C=O) groups excluding carboxylic acids is 2. The summed E-state index contributed by atoms with van der Waals surface area (Å²) in [6.07, 6.45) is 5.35. The smallest absolute Gasteiger partial charge is 0.330 e. The predicted octanol–water partition coefficient (Wildman–Crippen LogP) is 5.86. The summed E-state index contributed by atoms with van der Waals surface area (Å²) in [5.74, 6) is -0.526. The summed E-state index contributed by atoms with van der Waals surface area (Å²) in [7, 11) is 0. The van der Waals surface area contributed by atoms with E-state index in [-0.39, 0.29) is 22.7 Å². The molecule has 0 saturated carbocycles. The molecule has 0 spiro atoms. The first-order valence-electron chi connectivity index (χ1n) is 10.5. The van der Waals surface area contributed by atoms with Gasteiger partial charge in [-0.15, -0.1) is 0 Å². The zero-order valence-electron chi connectivity index (χ0n) is 18.5. The van der Waals surface area contributed by atoms with Crippen LogP contribution < -0.4 is 5.32 Å². The van der Waals surface area contributed by atoms with E-state index in [0.717, 1.165) is 24.1 Å². The van der Waals surface area contributed by atoms with Crippen molar-refractivity contribution >= 4 is 23.6 Å². The van der Waals surface area contributed by atoms with E-state index < -0.39 is 0 Å². The molecule has 1 aliphatic rings. The zero-order valence-corrected chi connectivity index (χ0v) is 18.5. The third-order valence-corrected chi connectivity index (χ3v) is 5.98. The SMILES string of the molecule is CCOC(=O)/C=C/c1ccc(C(=O)Nc2ccc3c(c2)C(C)(C)CCC3(C)C)cc1. The van der Waals surface area contributed by atoms with Crippen LogP contribution in [0.25, 0.3) is 6.08 Å². The van der Waals surface area contributed by atoms with Gasteiger partial charge in [0.25, 0.3) is 5.91 Å². The Morgan fingerprint density at radius 3 is 2.23 bits per heavy atom. The van der Waals surface area contributed by atoms with Crippen LogP contribution in [0.5, 0.6) is 0 Å². The number of benzene rings is 2. The maximum absolute atomic E-state index is 12.7. The lowest BCUT2D eigenvalue weighted by Crippen LogP contribution is -2.33. The molecule has 0 radical (unpaired) electrons. The Morgan fingerprint density at radius 1 is 0.967 bits per heavy atom. The number of fused-ring (bicyclic) bond motifs is 1. The molecule has 1 amide bonds. The van der Waals surface area contributed by atoms with Crippen LogP contribution in [0.15, 0.2) is 48.5 Å². The van der Waals surface area contributed by atoms with Gasteiger partial charge < -0.3 is 10.1 Å². The lowest BCUT2D eigenvalue weighted by Gasteiger charge is -2.42. The molecule has 0 heterocycles. The van der Waals surface area contributed by atoms with Crippen LogP contribution in [-0.2, 0) is 20.4 Å². The number of amides is 1. The Kier molecular flexibility index (Phi) is 6.16. The Bertz CT molecular complexity index is 968. The first-order chi connectivity index (χ1) is 14.1. The second-order valence-corrected chi connectivity index (χ2v) is 9.19. The Balaban J connectivity index is 1.74. The molecular formula is C26H31NO3. The van der Waals surface area contributed by atoms with Gasteiger partial charge in [-0.3, -0.25) is 4.79 Å². The van der Waals surface area contributed by atoms with Crippen molar-refractivity contribution in [2.45, 2.75) is 58.3 Å². The summed E-state index contributed by atoms with van der Waals surface area (Å²) >= 11 is 0. The molecule has 0 bridgehead atoms. The van der Waals surface area contributed by atoms with Crippen LogP contribution >= 0.6 is 0 Å². The van der Waals surface area contributed by atoms with Gasteiger partial charge in [-0.1, -0.05) is 45.9 Å². The van der Waals surface area contributed by atoms with Crippen molar-refractivity contribution in [2.75, 3.05) is 11.9 Å². The summed E-state index contributed by atoms with van der Waals surface area (Å²) in [5.41, 5.74) is 5.15. The van der Waals surface area contributed by atoms with Crippen LogP contribution in [0.4, 0.5) is 5.69 Å². The highest BCUT2D eigenvalue weighted by atomic mass is 16.5. The third kappa shape index (κ3) is 4.81. The fourth-order valence-corrected chi connectivity index (χ4v) is 3.97. The van der Waals surface area contributed by atoms with Gasteiger partial charge in [0.1, 0.15) is 0 Å². The van der Waals surface area contributed by atoms with Crippen LogP contribution in [0.3, 0.4) is 0 Å². The topological polar surface area (TPSA) is 55.4 Å². The molecule has 2 aromatic carbocycles. The average Bonchev–Trinajstić information content (AvgIpc) is 2.70. The zero-order chi connectivity index (χ0) is 21.9. The van der Waals surface area contributed by atoms with Gasteiger partial charge in [-0.2, -0.15) is 0 Å². The molecule has 0 unspecified atom stereocenters. The number of hydrogen-bond acceptors (Lipinski definition) is 3. The maximum atomic E-state index is 12.7. The van der Waals surface area contributed by atoms with Crippen LogP contribution in [0.1, 0.15) is 74.5 Å². The van der Waals surface area contributed by atoms with Crippen molar-refractivity contribution < 1.29 is 14.3 Å². The Hall–Kier alpha value is -2.88. The highest BCUT2D eigenvalue weighted by Crippen LogP contribution is 2.46. The number of hydrogen-bond donors (Lipinski definition) is 1. The van der Waals surface area contributed by atoms with Crippen molar-refractivity contribution in [3.8, 4) is 0 Å². The molecule has 2 aromatic rings. The first kappa shape index (κ1) is 21.8. The average molecular weight is 406 g/mol. The van der Waals surface area contributed by atoms with Gasteiger partial charge in [0.15, 0.2) is 0 Å². The molecular weight excluding hydrogens is 374 g/mol. The first-order valence-corrected chi connectivity index (χ1v) is 10.5. The maximum Gasteiger partial charge on any atom is 0.330 e. The summed E-state index contributed by atoms with van der Waals surface area (Å²) in [5, 5.41) is 3.03. The summed E-state index contributed by atoms with van der Waals surface area (Å²) < 4.78 is 4.87. The molecule has 0 saturated heterocycles. The lowest BCUT2D eigenvalue weighted by molar-refractivity contribution is -0.137. The second-order valence-electron chi connectivity index (χ2n) is 9.19. The fourth-order valence-electron chi connectivity index (χ4n) is 3.97. The summed E-state index contributed by atoms with van der Waals surface area (Å²) in [6, 6.07) is 13.4. The molecule has 0 aliphatic heterocycles. The highest BCUT2D eigenvalue weighted by molar-refractivity contribution is 6.04. The van der Waals surface area contributed by atoms with Crippen molar-refractivity contribution in [1.29, 1.82) is 0 Å². The normalized spacial score (nSPS) is 16.7. The lowest BCUT2D eigenvalue weighted by atomic mass is 9.63. The summed E-state index contributed by atoms with van der Waals surface area (Å²) in [4.78, 5) is 24.1. The fraction of sp³-hybridized carbons (Fsp3) is 0.385. The number of anilines is 1. The van der Waals surface area contributed by atoms with E-state index in [1.165, 1.54) is 17.2 Å². The molecule has 1 N–H and O–H groups in total. The molecule has 158 valence electrons. The van der Waals surface area contributed by atoms with E-state index >= 15 is 0 Å². The van der Waals surface area contributed by atoms with E-state index in [0.29, 0.717) is 12.2 Å². The van der Waals surface area contributed by atoms with E-state index in [4.69, 9.17) is 4.74 Å². The largest absolute Gasteiger partial charge is 0.463 e. The van der Waals surface area contributed by atoms with Crippen molar-refractivity contribution in [3.05, 3.63) is 70.8 Å². The number of rotatable bonds is 5. The van der Waals surface area contributed by atoms with Gasteiger partial charge in [0.2, 0.25) is 0 Å². The van der Waals surface area contributed by atoms with Gasteiger partial charge in [0.05, 0.1) is 6.61 Å². The van der Waals surface area contributed by atoms with Crippen molar-refractivity contribution in [1.82, 2.24) is 0 Å². The number of nitrogens with one attached hydrogen (secondary N) is 1. The number of esters is 1. The molecule has 0 atom stereocenters. The molecule has 0 fully saturated rings. The van der Waals surface area contributed by atoms with Crippen LogP contribution in [0.2, 0.25) is 0 Å². The van der Waals surface area contributed by atoms with Gasteiger partial charge in [-0.05, 0) is 77.6 Å². The van der Waals surface area contributed by atoms with E-state index in [9.17, 15) is 9.59 Å². The minimum Gasteiger partial charge on any atom is -0.463 e. The highest BCUT2D eigenvalue weighted by Gasteiger charge is 2.37. The Labute approximate surface area is 179 Å². The molecule has 4 heteroatoms. The minimum atomic E-state index is -0.377. The van der Waals surface area contributed by atoms with E-state index in [1.54, 1.807) is 25.1 Å². The van der Waals surface area contributed by atoms with Crippen LogP contribution in [-0.4, -0.2) is 18.5 Å². The molecule has 4 nitrogen and oxygen atoms in total. The quantitative estimate of drug-likeness (QED) is 0.500. The van der Waals surface area contributed by atoms with Gasteiger partial charge >= 0.3 is 5.97 Å². The van der Waals surface area contributed by atoms with Crippen LogP contribution in [0, 0.1) is 0 Å². The second kappa shape index (κ2) is 8.47. The minimum absolute atomic E-state index is 0.0957. The van der Waals surface area contributed by atoms with Gasteiger partial charge in [-0.25, -0.2) is 4.79 Å². The molecule has 3 rings (SSSR count). The molecule has 1 aliphatic carbocycles. The summed E-state index contributed by atoms with van der Waals surface area (Å²) in [6.45, 7) is 11.2. The van der Waals surface area contributed by atoms with E-state index in [2.05, 4.69) is 45.1 Å². The monoisotopic (exact) mass is 405 g/mol. The molecule has 0 aromatic heterocycles. The Morgan fingerprint density at radius 2 is 1.60 bits per heavy atom. The standard InChI is InChI=1S/C26H31NO3/c1-6-30-23(28)14-9-18-7-10-19(11-8-18)24(29)27-20-12-13-21-22(17-20)26(4,5)16-15-25(21,2)3/h7-14,17H,6,15-16H2,1-5H3,(H,27,29)/b14-9+.